The summed E-state index contributed by atoms with van der Waals surface area (Å²) in [6.07, 6.45) is 0.332. The molecule has 5 rings (SSSR count). The third kappa shape index (κ3) is 4.19. The van der Waals surface area contributed by atoms with Crippen LogP contribution < -0.4 is 14.5 Å². The highest BCUT2D eigenvalue weighted by molar-refractivity contribution is 5.90. The molecule has 0 saturated carbocycles. The highest BCUT2D eigenvalue weighted by Crippen LogP contribution is 2.32. The molecule has 2 aliphatic heterocycles. The molecule has 0 amide bonds. The van der Waals surface area contributed by atoms with E-state index < -0.39 is 0 Å². The standard InChI is InChI=1S/C24H29N5O4/c1-15-14-33-10-9-29(15)23-19-4-5-20(16-3-6-21(32-2)17(11-16)13-30)25-22(19)26-24(27-23)28-8-7-18(31)12-28/h3-6,11,15,18,30-31H,7-10,12-14H2,1-2H3/t15-,18-/m0/s1. The quantitative estimate of drug-likeness (QED) is 0.603. The Hall–Kier alpha value is -3.01. The van der Waals surface area contributed by atoms with E-state index in [1.165, 1.54) is 0 Å². The SMILES string of the molecule is COc1ccc(-c2ccc3c(N4CCOC[C@@H]4C)nc(N4CC[C@H](O)C4)nc3n2)cc1CO. The number of aliphatic hydroxyl groups is 2. The Balaban J connectivity index is 1.62. The number of methoxy groups -OCH3 is 1. The molecule has 2 saturated heterocycles. The van der Waals surface area contributed by atoms with Crippen LogP contribution in [-0.4, -0.2) is 77.3 Å². The Morgan fingerprint density at radius 3 is 2.76 bits per heavy atom. The Labute approximate surface area is 192 Å². The van der Waals surface area contributed by atoms with Gasteiger partial charge in [-0.25, -0.2) is 4.98 Å². The van der Waals surface area contributed by atoms with E-state index in [2.05, 4.69) is 11.8 Å². The maximum Gasteiger partial charge on any atom is 0.229 e. The number of hydrogen-bond donors (Lipinski definition) is 2. The zero-order valence-electron chi connectivity index (χ0n) is 18.9. The minimum atomic E-state index is -0.370. The van der Waals surface area contributed by atoms with Gasteiger partial charge in [-0.3, -0.25) is 0 Å². The molecule has 2 atom stereocenters. The predicted molar refractivity (Wildman–Crippen MR) is 126 cm³/mol. The largest absolute Gasteiger partial charge is 0.496 e. The Morgan fingerprint density at radius 2 is 2.03 bits per heavy atom. The van der Waals surface area contributed by atoms with Crippen LogP contribution in [0.1, 0.15) is 18.9 Å². The molecule has 1 aromatic carbocycles. The minimum Gasteiger partial charge on any atom is -0.496 e. The first-order chi connectivity index (χ1) is 16.1. The molecule has 33 heavy (non-hydrogen) atoms. The first-order valence-electron chi connectivity index (χ1n) is 11.3. The van der Waals surface area contributed by atoms with Crippen molar-refractivity contribution in [2.75, 3.05) is 49.8 Å². The van der Waals surface area contributed by atoms with Crippen molar-refractivity contribution in [3.63, 3.8) is 0 Å². The van der Waals surface area contributed by atoms with Gasteiger partial charge in [-0.15, -0.1) is 0 Å². The average Bonchev–Trinajstić information content (AvgIpc) is 3.29. The van der Waals surface area contributed by atoms with Gasteiger partial charge in [-0.1, -0.05) is 0 Å². The first-order valence-corrected chi connectivity index (χ1v) is 11.3. The maximum atomic E-state index is 10.0. The highest BCUT2D eigenvalue weighted by Gasteiger charge is 2.27. The lowest BCUT2D eigenvalue weighted by molar-refractivity contribution is 0.0987. The summed E-state index contributed by atoms with van der Waals surface area (Å²) in [4.78, 5) is 18.9. The molecule has 0 radical (unpaired) electrons. The fourth-order valence-corrected chi connectivity index (χ4v) is 4.53. The van der Waals surface area contributed by atoms with Gasteiger partial charge < -0.3 is 29.5 Å². The molecule has 0 spiro atoms. The van der Waals surface area contributed by atoms with Crippen LogP contribution in [0.2, 0.25) is 0 Å². The molecule has 2 aromatic heterocycles. The molecule has 2 aliphatic rings. The van der Waals surface area contributed by atoms with Crippen LogP contribution in [-0.2, 0) is 11.3 Å². The molecule has 2 fully saturated rings. The molecule has 174 valence electrons. The third-order valence-electron chi connectivity index (χ3n) is 6.36. The number of aliphatic hydroxyl groups excluding tert-OH is 2. The van der Waals surface area contributed by atoms with Gasteiger partial charge in [-0.05, 0) is 43.7 Å². The molecular formula is C24H29N5O4. The van der Waals surface area contributed by atoms with E-state index in [1.54, 1.807) is 7.11 Å². The molecule has 9 heteroatoms. The lowest BCUT2D eigenvalue weighted by atomic mass is 10.1. The van der Waals surface area contributed by atoms with Crippen LogP contribution >= 0.6 is 0 Å². The number of fused-ring (bicyclic) bond motifs is 1. The molecule has 0 unspecified atom stereocenters. The second kappa shape index (κ2) is 9.09. The van der Waals surface area contributed by atoms with Crippen LogP contribution in [0.3, 0.4) is 0 Å². The number of benzene rings is 1. The lowest BCUT2D eigenvalue weighted by Gasteiger charge is -2.35. The second-order valence-corrected chi connectivity index (χ2v) is 8.61. The maximum absolute atomic E-state index is 10.0. The molecule has 2 N–H and O–H groups in total. The summed E-state index contributed by atoms with van der Waals surface area (Å²) >= 11 is 0. The highest BCUT2D eigenvalue weighted by atomic mass is 16.5. The van der Waals surface area contributed by atoms with Crippen molar-refractivity contribution in [2.24, 2.45) is 0 Å². The normalized spacial score (nSPS) is 21.1. The number of hydrogen-bond acceptors (Lipinski definition) is 9. The number of pyridine rings is 1. The van der Waals surface area contributed by atoms with Crippen molar-refractivity contribution < 1.29 is 19.7 Å². The van der Waals surface area contributed by atoms with Gasteiger partial charge in [0.05, 0.1) is 50.2 Å². The van der Waals surface area contributed by atoms with Gasteiger partial charge >= 0.3 is 0 Å². The smallest absolute Gasteiger partial charge is 0.229 e. The van der Waals surface area contributed by atoms with Gasteiger partial charge in [0, 0.05) is 30.8 Å². The molecule has 4 heterocycles. The van der Waals surface area contributed by atoms with Gasteiger partial charge in [0.25, 0.3) is 0 Å². The fraction of sp³-hybridized carbons (Fsp3) is 0.458. The van der Waals surface area contributed by atoms with Gasteiger partial charge in [-0.2, -0.15) is 9.97 Å². The Bertz CT molecular complexity index is 1160. The van der Waals surface area contributed by atoms with Crippen molar-refractivity contribution in [1.82, 2.24) is 15.0 Å². The van der Waals surface area contributed by atoms with Crippen LogP contribution in [0.15, 0.2) is 30.3 Å². The van der Waals surface area contributed by atoms with E-state index in [4.69, 9.17) is 24.4 Å². The summed E-state index contributed by atoms with van der Waals surface area (Å²) in [5.74, 6) is 2.07. The first kappa shape index (κ1) is 21.8. The summed E-state index contributed by atoms with van der Waals surface area (Å²) < 4.78 is 11.0. The number of morpholine rings is 1. The molecule has 0 bridgehead atoms. The zero-order chi connectivity index (χ0) is 22.9. The predicted octanol–water partition coefficient (Wildman–Crippen LogP) is 1.99. The number of β-amino-alcohol motifs (C(OH)–C–C–N with tert-alkyl or cyclic N) is 1. The van der Waals surface area contributed by atoms with Crippen LogP contribution in [0.5, 0.6) is 5.75 Å². The lowest BCUT2D eigenvalue weighted by Crippen LogP contribution is -2.44. The number of anilines is 2. The van der Waals surface area contributed by atoms with Gasteiger partial charge in [0.15, 0.2) is 5.65 Å². The number of aromatic nitrogens is 3. The number of ether oxygens (including phenoxy) is 2. The van der Waals surface area contributed by atoms with Crippen LogP contribution in [0, 0.1) is 0 Å². The van der Waals surface area contributed by atoms with E-state index in [1.807, 2.05) is 35.2 Å². The van der Waals surface area contributed by atoms with Crippen molar-refractivity contribution >= 4 is 22.8 Å². The van der Waals surface area contributed by atoms with Crippen LogP contribution in [0.25, 0.3) is 22.3 Å². The van der Waals surface area contributed by atoms with Gasteiger partial charge in [0.2, 0.25) is 5.95 Å². The van der Waals surface area contributed by atoms with Crippen molar-refractivity contribution in [3.8, 4) is 17.0 Å². The summed E-state index contributed by atoms with van der Waals surface area (Å²) in [5, 5.41) is 20.6. The topological polar surface area (TPSA) is 104 Å². The summed E-state index contributed by atoms with van der Waals surface area (Å²) in [5.41, 5.74) is 2.94. The number of nitrogens with zero attached hydrogens (tertiary/aromatic N) is 5. The average molecular weight is 452 g/mol. The summed E-state index contributed by atoms with van der Waals surface area (Å²) in [6.45, 7) is 5.27. The van der Waals surface area contributed by atoms with E-state index in [0.717, 1.165) is 29.0 Å². The van der Waals surface area contributed by atoms with E-state index in [9.17, 15) is 10.2 Å². The zero-order valence-corrected chi connectivity index (χ0v) is 18.9. The Morgan fingerprint density at radius 1 is 1.15 bits per heavy atom. The van der Waals surface area contributed by atoms with E-state index in [0.29, 0.717) is 55.6 Å². The van der Waals surface area contributed by atoms with Crippen molar-refractivity contribution in [2.45, 2.75) is 32.1 Å². The minimum absolute atomic E-state index is 0.118. The summed E-state index contributed by atoms with van der Waals surface area (Å²) in [6, 6.07) is 9.81. The molecular weight excluding hydrogens is 422 g/mol. The van der Waals surface area contributed by atoms with E-state index >= 15 is 0 Å². The number of rotatable bonds is 5. The summed E-state index contributed by atoms with van der Waals surface area (Å²) in [7, 11) is 1.59. The Kier molecular flexibility index (Phi) is 6.01. The second-order valence-electron chi connectivity index (χ2n) is 8.61. The molecule has 0 aliphatic carbocycles. The molecule has 9 nitrogen and oxygen atoms in total. The van der Waals surface area contributed by atoms with Crippen LogP contribution in [0.4, 0.5) is 11.8 Å². The van der Waals surface area contributed by atoms with E-state index in [-0.39, 0.29) is 18.8 Å². The van der Waals surface area contributed by atoms with Crippen molar-refractivity contribution in [3.05, 3.63) is 35.9 Å². The van der Waals surface area contributed by atoms with Gasteiger partial charge in [0.1, 0.15) is 11.6 Å². The fourth-order valence-electron chi connectivity index (χ4n) is 4.53. The molecule has 3 aromatic rings. The third-order valence-corrected chi connectivity index (χ3v) is 6.36. The monoisotopic (exact) mass is 451 g/mol. The van der Waals surface area contributed by atoms with Crippen molar-refractivity contribution in [1.29, 1.82) is 0 Å².